The van der Waals surface area contributed by atoms with Crippen LogP contribution in [-0.4, -0.2) is 18.2 Å². The summed E-state index contributed by atoms with van der Waals surface area (Å²) in [6, 6.07) is 10.5. The van der Waals surface area contributed by atoms with Gasteiger partial charge in [-0.3, -0.25) is 5.32 Å². The number of hydrogen-bond acceptors (Lipinski definition) is 4. The van der Waals surface area contributed by atoms with E-state index in [1.54, 1.807) is 12.1 Å². The first-order chi connectivity index (χ1) is 9.20. The van der Waals surface area contributed by atoms with Gasteiger partial charge in [-0.2, -0.15) is 0 Å². The molecule has 0 saturated heterocycles. The van der Waals surface area contributed by atoms with Gasteiger partial charge in [-0.1, -0.05) is 12.1 Å². The lowest BCUT2D eigenvalue weighted by atomic mass is 10.1. The van der Waals surface area contributed by atoms with Gasteiger partial charge in [-0.15, -0.1) is 0 Å². The number of benzene rings is 1. The molecule has 5 nitrogen and oxygen atoms in total. The third-order valence-corrected chi connectivity index (χ3v) is 2.66. The summed E-state index contributed by atoms with van der Waals surface area (Å²) in [6.45, 7) is 0.533. The molecule has 0 fully saturated rings. The van der Waals surface area contributed by atoms with Crippen LogP contribution in [0.4, 0.5) is 5.82 Å². The molecule has 1 aromatic carbocycles. The Balaban J connectivity index is 2.11. The van der Waals surface area contributed by atoms with Crippen LogP contribution in [0.1, 0.15) is 15.9 Å². The third kappa shape index (κ3) is 3.22. The van der Waals surface area contributed by atoms with E-state index in [0.29, 0.717) is 6.54 Å². The van der Waals surface area contributed by atoms with Gasteiger partial charge in [0.1, 0.15) is 17.9 Å². The maximum Gasteiger partial charge on any atom is 0.341 e. The second kappa shape index (κ2) is 5.86. The highest BCUT2D eigenvalue weighted by Crippen LogP contribution is 2.19. The van der Waals surface area contributed by atoms with Crippen molar-refractivity contribution in [1.29, 1.82) is 0 Å². The first-order valence-corrected chi connectivity index (χ1v) is 5.81. The van der Waals surface area contributed by atoms with Crippen LogP contribution in [0.15, 0.2) is 42.6 Å². The van der Waals surface area contributed by atoms with Gasteiger partial charge in [-0.25, -0.2) is 9.78 Å². The summed E-state index contributed by atoms with van der Waals surface area (Å²) in [5.74, 6) is 0.239. The fourth-order valence-electron chi connectivity index (χ4n) is 1.67. The number of phenols is 1. The molecular formula is C14H15N2O3+. The van der Waals surface area contributed by atoms with Crippen molar-refractivity contribution in [1.82, 2.24) is 0 Å². The largest absolute Gasteiger partial charge is 0.507 e. The number of aromatic amines is 1. The monoisotopic (exact) mass is 259 g/mol. The summed E-state index contributed by atoms with van der Waals surface area (Å²) >= 11 is 0. The highest BCUT2D eigenvalue weighted by Gasteiger charge is 2.12. The highest BCUT2D eigenvalue weighted by molar-refractivity contribution is 5.92. The minimum Gasteiger partial charge on any atom is -0.507 e. The number of rotatable bonds is 4. The smallest absolute Gasteiger partial charge is 0.341 e. The van der Waals surface area contributed by atoms with Crippen LogP contribution in [-0.2, 0) is 11.3 Å². The topological polar surface area (TPSA) is 72.7 Å². The van der Waals surface area contributed by atoms with Gasteiger partial charge in [-0.05, 0) is 23.8 Å². The molecule has 0 spiro atoms. The maximum absolute atomic E-state index is 11.5. The lowest BCUT2D eigenvalue weighted by Gasteiger charge is -2.05. The number of nitrogens with one attached hydrogen (secondary N) is 2. The Labute approximate surface area is 110 Å². The van der Waals surface area contributed by atoms with E-state index >= 15 is 0 Å². The van der Waals surface area contributed by atoms with Gasteiger partial charge in [0.25, 0.3) is 5.82 Å². The molecule has 0 aliphatic heterocycles. The van der Waals surface area contributed by atoms with Crippen molar-refractivity contribution >= 4 is 11.8 Å². The minimum absolute atomic E-state index is 0.0816. The average molecular weight is 259 g/mol. The van der Waals surface area contributed by atoms with E-state index in [2.05, 4.69) is 15.0 Å². The van der Waals surface area contributed by atoms with Crippen molar-refractivity contribution in [2.75, 3.05) is 12.4 Å². The molecule has 0 saturated carbocycles. The molecule has 2 aromatic rings. The average Bonchev–Trinajstić information content (AvgIpc) is 2.46. The zero-order chi connectivity index (χ0) is 13.7. The van der Waals surface area contributed by atoms with Crippen LogP contribution in [0.3, 0.4) is 0 Å². The molecule has 0 bridgehead atoms. The standard InChI is InChI=1S/C14H14N2O3/c1-19-14(18)11-8-10(5-6-12(11)17)9-16-13-4-2-3-7-15-13/h2-8,17H,9H2,1H3,(H,15,16)/p+1. The predicted molar refractivity (Wildman–Crippen MR) is 69.8 cm³/mol. The van der Waals surface area contributed by atoms with Crippen molar-refractivity contribution in [3.8, 4) is 5.75 Å². The van der Waals surface area contributed by atoms with E-state index in [4.69, 9.17) is 0 Å². The van der Waals surface area contributed by atoms with E-state index in [-0.39, 0.29) is 11.3 Å². The van der Waals surface area contributed by atoms with E-state index < -0.39 is 5.97 Å². The van der Waals surface area contributed by atoms with Crippen LogP contribution < -0.4 is 10.3 Å². The second-order valence-corrected chi connectivity index (χ2v) is 3.97. The molecule has 19 heavy (non-hydrogen) atoms. The number of aromatic nitrogens is 1. The fourth-order valence-corrected chi connectivity index (χ4v) is 1.67. The van der Waals surface area contributed by atoms with Gasteiger partial charge in [0.2, 0.25) is 0 Å². The molecule has 3 N–H and O–H groups in total. The van der Waals surface area contributed by atoms with Crippen LogP contribution in [0.5, 0.6) is 5.75 Å². The number of esters is 1. The number of carbonyl (C=O) groups excluding carboxylic acids is 1. The van der Waals surface area contributed by atoms with E-state index in [9.17, 15) is 9.90 Å². The van der Waals surface area contributed by atoms with Crippen molar-refractivity contribution in [3.05, 3.63) is 53.7 Å². The Morgan fingerprint density at radius 1 is 1.37 bits per heavy atom. The molecule has 0 radical (unpaired) electrons. The number of H-pyrrole nitrogens is 1. The Hall–Kier alpha value is -2.56. The van der Waals surface area contributed by atoms with Gasteiger partial charge < -0.3 is 9.84 Å². The van der Waals surface area contributed by atoms with Crippen molar-refractivity contribution in [2.45, 2.75) is 6.54 Å². The van der Waals surface area contributed by atoms with E-state index in [1.807, 2.05) is 24.4 Å². The molecule has 0 amide bonds. The quantitative estimate of drug-likeness (QED) is 0.818. The minimum atomic E-state index is -0.550. The van der Waals surface area contributed by atoms with Gasteiger partial charge in [0.05, 0.1) is 13.3 Å². The van der Waals surface area contributed by atoms with E-state index in [1.165, 1.54) is 13.2 Å². The fraction of sp³-hybridized carbons (Fsp3) is 0.143. The van der Waals surface area contributed by atoms with Gasteiger partial charge in [0.15, 0.2) is 0 Å². The zero-order valence-corrected chi connectivity index (χ0v) is 10.5. The molecule has 2 rings (SSSR count). The van der Waals surface area contributed by atoms with Crippen LogP contribution in [0.2, 0.25) is 0 Å². The molecule has 1 aromatic heterocycles. The number of phenolic OH excluding ortho intramolecular Hbond substituents is 1. The molecule has 0 unspecified atom stereocenters. The van der Waals surface area contributed by atoms with Crippen LogP contribution in [0, 0.1) is 0 Å². The number of ether oxygens (including phenoxy) is 1. The molecule has 0 aliphatic carbocycles. The van der Waals surface area contributed by atoms with E-state index in [0.717, 1.165) is 11.4 Å². The normalized spacial score (nSPS) is 9.95. The summed E-state index contributed by atoms with van der Waals surface area (Å²) in [6.07, 6.45) is 1.82. The number of aromatic hydroxyl groups is 1. The summed E-state index contributed by atoms with van der Waals surface area (Å²) in [4.78, 5) is 14.5. The molecular weight excluding hydrogens is 244 g/mol. The summed E-state index contributed by atoms with van der Waals surface area (Å²) in [7, 11) is 1.28. The van der Waals surface area contributed by atoms with Crippen LogP contribution in [0.25, 0.3) is 0 Å². The first kappa shape index (κ1) is 12.9. The number of pyridine rings is 1. The van der Waals surface area contributed by atoms with Crippen molar-refractivity contribution in [2.24, 2.45) is 0 Å². The lowest BCUT2D eigenvalue weighted by molar-refractivity contribution is -0.361. The number of methoxy groups -OCH3 is 1. The maximum atomic E-state index is 11.5. The molecule has 1 heterocycles. The lowest BCUT2D eigenvalue weighted by Crippen LogP contribution is -2.12. The number of anilines is 1. The van der Waals surface area contributed by atoms with Gasteiger partial charge in [0, 0.05) is 6.07 Å². The Morgan fingerprint density at radius 3 is 2.89 bits per heavy atom. The first-order valence-electron chi connectivity index (χ1n) is 5.81. The summed E-state index contributed by atoms with van der Waals surface area (Å²) < 4.78 is 4.61. The van der Waals surface area contributed by atoms with Crippen LogP contribution >= 0.6 is 0 Å². The Bertz CT molecular complexity index is 570. The third-order valence-electron chi connectivity index (χ3n) is 2.66. The highest BCUT2D eigenvalue weighted by atomic mass is 16.5. The van der Waals surface area contributed by atoms with Gasteiger partial charge >= 0.3 is 5.97 Å². The number of hydrogen-bond donors (Lipinski definition) is 2. The zero-order valence-electron chi connectivity index (χ0n) is 10.5. The van der Waals surface area contributed by atoms with Crippen molar-refractivity contribution in [3.63, 3.8) is 0 Å². The molecule has 0 atom stereocenters. The Morgan fingerprint density at radius 2 is 2.21 bits per heavy atom. The SMILES string of the molecule is COC(=O)c1cc(CNc2cccc[nH+]2)ccc1O. The molecule has 0 aliphatic rings. The predicted octanol–water partition coefficient (Wildman–Crippen LogP) is 1.60. The Kier molecular flexibility index (Phi) is 3.97. The number of carbonyl (C=O) groups is 1. The molecule has 5 heteroatoms. The summed E-state index contributed by atoms with van der Waals surface area (Å²) in [5, 5.41) is 12.8. The van der Waals surface area contributed by atoms with Crippen molar-refractivity contribution < 1.29 is 19.6 Å². The summed E-state index contributed by atoms with van der Waals surface area (Å²) in [5.41, 5.74) is 1.04. The molecule has 98 valence electrons. The second-order valence-electron chi connectivity index (χ2n) is 3.97.